The van der Waals surface area contributed by atoms with Gasteiger partial charge >= 0.3 is 6.03 Å². The number of nitrogens with one attached hydrogen (secondary N) is 2. The van der Waals surface area contributed by atoms with Crippen LogP contribution in [0.5, 0.6) is 0 Å². The van der Waals surface area contributed by atoms with Gasteiger partial charge in [0.15, 0.2) is 0 Å². The zero-order valence-corrected chi connectivity index (χ0v) is 20.3. The summed E-state index contributed by atoms with van der Waals surface area (Å²) in [6, 6.07) is 21.3. The number of rotatable bonds is 5. The van der Waals surface area contributed by atoms with Crippen molar-refractivity contribution in [1.82, 2.24) is 20.2 Å². The van der Waals surface area contributed by atoms with Crippen LogP contribution in [-0.2, 0) is 6.54 Å². The summed E-state index contributed by atoms with van der Waals surface area (Å²) in [5.74, 6) is -0.0249. The number of aryl methyl sites for hydroxylation is 1. The standard InChI is InChI=1S/C29H29N5O2/c1-20-11-12-25(28(35)31-19-21-6-5-15-30-18-21)27(32-20)23-13-16-34(17-14-23)29(36)33-26-10-4-8-22-7-2-3-9-24(22)26/h2-12,15,18,23H,13-14,16-17,19H2,1H3,(H,31,35)(H,33,36). The van der Waals surface area contributed by atoms with E-state index in [0.717, 1.165) is 46.3 Å². The van der Waals surface area contributed by atoms with E-state index in [-0.39, 0.29) is 17.9 Å². The van der Waals surface area contributed by atoms with E-state index < -0.39 is 0 Å². The van der Waals surface area contributed by atoms with Crippen molar-refractivity contribution >= 4 is 28.4 Å². The Morgan fingerprint density at radius 3 is 2.58 bits per heavy atom. The molecule has 7 heteroatoms. The molecule has 0 atom stereocenters. The maximum Gasteiger partial charge on any atom is 0.321 e. The summed E-state index contributed by atoms with van der Waals surface area (Å²) < 4.78 is 0. The summed E-state index contributed by atoms with van der Waals surface area (Å²) in [6.45, 7) is 3.56. The number of nitrogens with zero attached hydrogens (tertiary/aromatic N) is 3. The maximum absolute atomic E-state index is 13.0. The van der Waals surface area contributed by atoms with Crippen LogP contribution < -0.4 is 10.6 Å². The van der Waals surface area contributed by atoms with Gasteiger partial charge < -0.3 is 15.5 Å². The number of pyridine rings is 2. The quantitative estimate of drug-likeness (QED) is 0.408. The number of carbonyl (C=O) groups excluding carboxylic acids is 2. The van der Waals surface area contributed by atoms with E-state index in [0.29, 0.717) is 25.2 Å². The lowest BCUT2D eigenvalue weighted by Gasteiger charge is -2.32. The average Bonchev–Trinajstić information content (AvgIpc) is 2.92. The third-order valence-corrected chi connectivity index (χ3v) is 6.68. The highest BCUT2D eigenvalue weighted by molar-refractivity contribution is 6.01. The zero-order valence-electron chi connectivity index (χ0n) is 20.3. The minimum atomic E-state index is -0.141. The van der Waals surface area contributed by atoms with Crippen LogP contribution in [0.1, 0.15) is 46.1 Å². The summed E-state index contributed by atoms with van der Waals surface area (Å²) in [5.41, 5.74) is 4.05. The summed E-state index contributed by atoms with van der Waals surface area (Å²) in [5, 5.41) is 8.19. The Kier molecular flexibility index (Phi) is 6.89. The third kappa shape index (κ3) is 5.20. The van der Waals surface area contributed by atoms with Gasteiger partial charge in [-0.05, 0) is 55.0 Å². The van der Waals surface area contributed by atoms with Crippen molar-refractivity contribution in [3.8, 4) is 0 Å². The van der Waals surface area contributed by atoms with E-state index in [1.807, 2.05) is 78.6 Å². The van der Waals surface area contributed by atoms with Gasteiger partial charge in [0.1, 0.15) is 0 Å². The Morgan fingerprint density at radius 1 is 0.972 bits per heavy atom. The van der Waals surface area contributed by atoms with Crippen molar-refractivity contribution in [3.05, 3.63) is 102 Å². The van der Waals surface area contributed by atoms with Gasteiger partial charge in [-0.3, -0.25) is 14.8 Å². The van der Waals surface area contributed by atoms with Crippen LogP contribution in [0.25, 0.3) is 10.8 Å². The molecule has 0 unspecified atom stereocenters. The van der Waals surface area contributed by atoms with Gasteiger partial charge in [-0.1, -0.05) is 42.5 Å². The number of anilines is 1. The van der Waals surface area contributed by atoms with Gasteiger partial charge in [0.2, 0.25) is 0 Å². The number of hydrogen-bond donors (Lipinski definition) is 2. The largest absolute Gasteiger partial charge is 0.348 e. The van der Waals surface area contributed by atoms with Gasteiger partial charge in [0, 0.05) is 49.0 Å². The van der Waals surface area contributed by atoms with Gasteiger partial charge in [-0.15, -0.1) is 0 Å². The fourth-order valence-corrected chi connectivity index (χ4v) is 4.74. The molecule has 0 aliphatic carbocycles. The average molecular weight is 480 g/mol. The van der Waals surface area contributed by atoms with Gasteiger partial charge in [-0.2, -0.15) is 0 Å². The Bertz CT molecular complexity index is 1380. The van der Waals surface area contributed by atoms with Crippen molar-refractivity contribution in [2.24, 2.45) is 0 Å². The van der Waals surface area contributed by atoms with Crippen LogP contribution in [0.4, 0.5) is 10.5 Å². The number of benzene rings is 2. The van der Waals surface area contributed by atoms with Gasteiger partial charge in [0.05, 0.1) is 16.9 Å². The van der Waals surface area contributed by atoms with Crippen molar-refractivity contribution < 1.29 is 9.59 Å². The van der Waals surface area contributed by atoms with Crippen LogP contribution in [-0.4, -0.2) is 39.9 Å². The smallest absolute Gasteiger partial charge is 0.321 e. The minimum absolute atomic E-state index is 0.101. The summed E-state index contributed by atoms with van der Waals surface area (Å²) >= 11 is 0. The van der Waals surface area contributed by atoms with E-state index in [4.69, 9.17) is 4.98 Å². The van der Waals surface area contributed by atoms with Crippen molar-refractivity contribution in [2.45, 2.75) is 32.2 Å². The third-order valence-electron chi connectivity index (χ3n) is 6.68. The fraction of sp³-hybridized carbons (Fsp3) is 0.241. The highest BCUT2D eigenvalue weighted by Crippen LogP contribution is 2.30. The van der Waals surface area contributed by atoms with Crippen molar-refractivity contribution in [1.29, 1.82) is 0 Å². The zero-order chi connectivity index (χ0) is 24.9. The van der Waals surface area contributed by atoms with Crippen molar-refractivity contribution in [2.75, 3.05) is 18.4 Å². The molecule has 3 amide bonds. The Morgan fingerprint density at radius 2 is 1.78 bits per heavy atom. The number of hydrogen-bond acceptors (Lipinski definition) is 4. The second-order valence-electron chi connectivity index (χ2n) is 9.15. The molecule has 1 aliphatic rings. The van der Waals surface area contributed by atoms with Crippen LogP contribution in [0.3, 0.4) is 0 Å². The molecule has 0 spiro atoms. The minimum Gasteiger partial charge on any atom is -0.348 e. The predicted molar refractivity (Wildman–Crippen MR) is 141 cm³/mol. The summed E-state index contributed by atoms with van der Waals surface area (Å²) in [7, 11) is 0. The van der Waals surface area contributed by atoms with Gasteiger partial charge in [-0.25, -0.2) is 4.79 Å². The van der Waals surface area contributed by atoms with Crippen LogP contribution in [0.15, 0.2) is 79.1 Å². The van der Waals surface area contributed by atoms with E-state index in [2.05, 4.69) is 15.6 Å². The molecule has 2 N–H and O–H groups in total. The Hall–Kier alpha value is -4.26. The SMILES string of the molecule is Cc1ccc(C(=O)NCc2cccnc2)c(C2CCN(C(=O)Nc3cccc4ccccc34)CC2)n1. The molecule has 7 nitrogen and oxygen atoms in total. The maximum atomic E-state index is 13.0. The molecule has 2 aromatic heterocycles. The predicted octanol–water partition coefficient (Wildman–Crippen LogP) is 5.28. The van der Waals surface area contributed by atoms with Crippen LogP contribution >= 0.6 is 0 Å². The molecule has 36 heavy (non-hydrogen) atoms. The number of aromatic nitrogens is 2. The number of piperidine rings is 1. The van der Waals surface area contributed by atoms with Crippen molar-refractivity contribution in [3.63, 3.8) is 0 Å². The van der Waals surface area contributed by atoms with Crippen LogP contribution in [0, 0.1) is 6.92 Å². The number of likely N-dealkylation sites (tertiary alicyclic amines) is 1. The molecule has 1 fully saturated rings. The molecule has 3 heterocycles. The normalized spacial score (nSPS) is 14.0. The molecule has 0 saturated carbocycles. The Balaban J connectivity index is 1.24. The molecule has 2 aromatic carbocycles. The van der Waals surface area contributed by atoms with Gasteiger partial charge in [0.25, 0.3) is 5.91 Å². The highest BCUT2D eigenvalue weighted by Gasteiger charge is 2.28. The van der Waals surface area contributed by atoms with E-state index in [1.54, 1.807) is 12.4 Å². The summed E-state index contributed by atoms with van der Waals surface area (Å²) in [6.07, 6.45) is 4.96. The first-order valence-electron chi connectivity index (χ1n) is 12.3. The first-order valence-corrected chi connectivity index (χ1v) is 12.3. The molecule has 1 aliphatic heterocycles. The molecule has 0 bridgehead atoms. The number of amides is 3. The van der Waals surface area contributed by atoms with E-state index in [9.17, 15) is 9.59 Å². The second-order valence-corrected chi connectivity index (χ2v) is 9.15. The Labute approximate surface area is 210 Å². The van der Waals surface area contributed by atoms with E-state index in [1.165, 1.54) is 0 Å². The molecular weight excluding hydrogens is 450 g/mol. The van der Waals surface area contributed by atoms with E-state index >= 15 is 0 Å². The molecule has 5 rings (SSSR count). The lowest BCUT2D eigenvalue weighted by Crippen LogP contribution is -2.41. The fourth-order valence-electron chi connectivity index (χ4n) is 4.74. The molecule has 0 radical (unpaired) electrons. The van der Waals surface area contributed by atoms with Crippen LogP contribution in [0.2, 0.25) is 0 Å². The number of carbonyl (C=O) groups is 2. The highest BCUT2D eigenvalue weighted by atomic mass is 16.2. The number of fused-ring (bicyclic) bond motifs is 1. The number of urea groups is 1. The molecule has 182 valence electrons. The molecule has 4 aromatic rings. The second kappa shape index (κ2) is 10.6. The molecule has 1 saturated heterocycles. The lowest BCUT2D eigenvalue weighted by molar-refractivity contribution is 0.0948. The monoisotopic (exact) mass is 479 g/mol. The first-order chi connectivity index (χ1) is 17.6. The topological polar surface area (TPSA) is 87.2 Å². The first kappa shape index (κ1) is 23.5. The summed E-state index contributed by atoms with van der Waals surface area (Å²) in [4.78, 5) is 36.8. The lowest BCUT2D eigenvalue weighted by atomic mass is 9.90. The molecular formula is C29H29N5O2.